The van der Waals surface area contributed by atoms with Gasteiger partial charge in [0.15, 0.2) is 5.76 Å². The van der Waals surface area contributed by atoms with Crippen LogP contribution in [0.1, 0.15) is 16.7 Å². The highest BCUT2D eigenvalue weighted by atomic mass is 16.3. The van der Waals surface area contributed by atoms with Crippen molar-refractivity contribution in [2.24, 2.45) is 7.05 Å². The van der Waals surface area contributed by atoms with E-state index in [1.54, 1.807) is 10.9 Å². The Morgan fingerprint density at radius 3 is 2.43 bits per heavy atom. The van der Waals surface area contributed by atoms with Crippen LogP contribution in [0, 0.1) is 20.8 Å². The Bertz CT molecular complexity index is 812. The summed E-state index contributed by atoms with van der Waals surface area (Å²) in [4.78, 5) is 0. The molecule has 0 spiro atoms. The summed E-state index contributed by atoms with van der Waals surface area (Å²) in [6.45, 7) is 6.21. The Balaban J connectivity index is 2.27. The molecule has 0 aliphatic heterocycles. The van der Waals surface area contributed by atoms with E-state index in [0.717, 1.165) is 28.1 Å². The van der Waals surface area contributed by atoms with Gasteiger partial charge in [0.2, 0.25) is 0 Å². The second-order valence-electron chi connectivity index (χ2n) is 5.46. The molecule has 0 aliphatic rings. The highest BCUT2D eigenvalue weighted by molar-refractivity contribution is 5.87. The number of nitrogens with zero attached hydrogens (tertiary/aromatic N) is 2. The first-order chi connectivity index (χ1) is 9.99. The van der Waals surface area contributed by atoms with Crippen molar-refractivity contribution < 1.29 is 4.42 Å². The molecule has 0 amide bonds. The molecule has 3 rings (SSSR count). The number of aromatic nitrogens is 2. The van der Waals surface area contributed by atoms with Gasteiger partial charge < -0.3 is 10.2 Å². The van der Waals surface area contributed by atoms with Crippen molar-refractivity contribution in [3.8, 4) is 22.6 Å². The van der Waals surface area contributed by atoms with Gasteiger partial charge in [-0.3, -0.25) is 4.68 Å². The monoisotopic (exact) mass is 281 g/mol. The Morgan fingerprint density at radius 1 is 1.05 bits per heavy atom. The average Bonchev–Trinajstić information content (AvgIpc) is 2.98. The maximum absolute atomic E-state index is 6.24. The Hall–Kier alpha value is -2.49. The van der Waals surface area contributed by atoms with E-state index >= 15 is 0 Å². The Morgan fingerprint density at radius 2 is 1.81 bits per heavy atom. The van der Waals surface area contributed by atoms with Crippen LogP contribution in [0.4, 0.5) is 5.82 Å². The van der Waals surface area contributed by atoms with Gasteiger partial charge in [-0.25, -0.2) is 0 Å². The molecule has 2 aromatic heterocycles. The third-order valence-corrected chi connectivity index (χ3v) is 3.96. The molecule has 0 bridgehead atoms. The summed E-state index contributed by atoms with van der Waals surface area (Å²) < 4.78 is 7.30. The maximum Gasteiger partial charge on any atom is 0.157 e. The second kappa shape index (κ2) is 4.81. The van der Waals surface area contributed by atoms with Crippen LogP contribution in [0.15, 0.2) is 34.9 Å². The third kappa shape index (κ3) is 2.13. The molecular formula is C17H19N3O. The lowest BCUT2D eigenvalue weighted by molar-refractivity contribution is 0.576. The van der Waals surface area contributed by atoms with E-state index in [-0.39, 0.29) is 0 Å². The summed E-state index contributed by atoms with van der Waals surface area (Å²) in [6.07, 6.45) is 1.68. The van der Waals surface area contributed by atoms with E-state index in [1.165, 1.54) is 11.1 Å². The highest BCUT2D eigenvalue weighted by Gasteiger charge is 2.21. The molecule has 0 saturated carbocycles. The summed E-state index contributed by atoms with van der Waals surface area (Å²) in [5.41, 5.74) is 12.6. The molecule has 0 radical (unpaired) electrons. The predicted octanol–water partition coefficient (Wildman–Crippen LogP) is 3.85. The van der Waals surface area contributed by atoms with Crippen LogP contribution in [0.5, 0.6) is 0 Å². The van der Waals surface area contributed by atoms with Crippen LogP contribution in [0.2, 0.25) is 0 Å². The van der Waals surface area contributed by atoms with E-state index in [9.17, 15) is 0 Å². The predicted molar refractivity (Wildman–Crippen MR) is 85.0 cm³/mol. The van der Waals surface area contributed by atoms with E-state index in [2.05, 4.69) is 37.1 Å². The number of furan rings is 1. The van der Waals surface area contributed by atoms with Gasteiger partial charge in [0.1, 0.15) is 11.5 Å². The fourth-order valence-corrected chi connectivity index (χ4v) is 2.49. The summed E-state index contributed by atoms with van der Waals surface area (Å²) >= 11 is 0. The van der Waals surface area contributed by atoms with Crippen LogP contribution in [-0.4, -0.2) is 9.78 Å². The van der Waals surface area contributed by atoms with Gasteiger partial charge in [-0.05, 0) is 49.1 Å². The Kier molecular flexibility index (Phi) is 3.09. The lowest BCUT2D eigenvalue weighted by atomic mass is 9.99. The van der Waals surface area contributed by atoms with E-state index in [1.807, 2.05) is 20.0 Å². The molecule has 2 N–H and O–H groups in total. The summed E-state index contributed by atoms with van der Waals surface area (Å²) in [5, 5.41) is 4.54. The quantitative estimate of drug-likeness (QED) is 0.776. The number of rotatable bonds is 2. The SMILES string of the molecule is Cc1ccc(-c2c(-c3occc3C)nn(C)c2N)cc1C. The molecule has 108 valence electrons. The fourth-order valence-electron chi connectivity index (χ4n) is 2.49. The number of aryl methyl sites for hydroxylation is 4. The molecule has 0 aliphatic carbocycles. The molecule has 1 aromatic carbocycles. The number of anilines is 1. The van der Waals surface area contributed by atoms with Gasteiger partial charge in [-0.15, -0.1) is 0 Å². The zero-order valence-corrected chi connectivity index (χ0v) is 12.8. The van der Waals surface area contributed by atoms with Crippen molar-refractivity contribution in [1.82, 2.24) is 9.78 Å². The first-order valence-electron chi connectivity index (χ1n) is 6.93. The molecule has 4 nitrogen and oxygen atoms in total. The topological polar surface area (TPSA) is 57.0 Å². The van der Waals surface area contributed by atoms with E-state index < -0.39 is 0 Å². The van der Waals surface area contributed by atoms with Gasteiger partial charge in [0.05, 0.1) is 11.8 Å². The van der Waals surface area contributed by atoms with Crippen LogP contribution in [0.25, 0.3) is 22.6 Å². The average molecular weight is 281 g/mol. The van der Waals surface area contributed by atoms with Crippen LogP contribution in [0.3, 0.4) is 0 Å². The minimum atomic E-state index is 0.643. The largest absolute Gasteiger partial charge is 0.462 e. The number of hydrogen-bond acceptors (Lipinski definition) is 3. The lowest BCUT2D eigenvalue weighted by Gasteiger charge is -2.07. The first kappa shape index (κ1) is 13.5. The number of nitrogen functional groups attached to an aromatic ring is 1. The molecule has 0 fully saturated rings. The number of benzene rings is 1. The van der Waals surface area contributed by atoms with Crippen molar-refractivity contribution in [3.05, 3.63) is 47.2 Å². The summed E-state index contributed by atoms with van der Waals surface area (Å²) in [5.74, 6) is 1.42. The molecule has 4 heteroatoms. The van der Waals surface area contributed by atoms with Crippen molar-refractivity contribution in [1.29, 1.82) is 0 Å². The van der Waals surface area contributed by atoms with Crippen molar-refractivity contribution in [2.45, 2.75) is 20.8 Å². The van der Waals surface area contributed by atoms with Gasteiger partial charge in [0.25, 0.3) is 0 Å². The van der Waals surface area contributed by atoms with E-state index in [4.69, 9.17) is 10.2 Å². The van der Waals surface area contributed by atoms with Crippen LogP contribution >= 0.6 is 0 Å². The third-order valence-electron chi connectivity index (χ3n) is 3.96. The van der Waals surface area contributed by atoms with Crippen LogP contribution < -0.4 is 5.73 Å². The number of nitrogens with two attached hydrogens (primary N) is 1. The van der Waals surface area contributed by atoms with Crippen LogP contribution in [-0.2, 0) is 7.05 Å². The first-order valence-corrected chi connectivity index (χ1v) is 6.93. The molecule has 0 atom stereocenters. The summed E-state index contributed by atoms with van der Waals surface area (Å²) in [7, 11) is 1.85. The second-order valence-corrected chi connectivity index (χ2v) is 5.46. The molecule has 2 heterocycles. The zero-order chi connectivity index (χ0) is 15.1. The maximum atomic E-state index is 6.24. The van der Waals surface area contributed by atoms with Crippen molar-refractivity contribution in [2.75, 3.05) is 5.73 Å². The minimum absolute atomic E-state index is 0.643. The molecule has 0 unspecified atom stereocenters. The normalized spacial score (nSPS) is 11.0. The zero-order valence-electron chi connectivity index (χ0n) is 12.8. The minimum Gasteiger partial charge on any atom is -0.462 e. The Labute approximate surface area is 124 Å². The molecule has 21 heavy (non-hydrogen) atoms. The fraction of sp³-hybridized carbons (Fsp3) is 0.235. The molecule has 3 aromatic rings. The van der Waals surface area contributed by atoms with Gasteiger partial charge in [-0.1, -0.05) is 18.2 Å². The van der Waals surface area contributed by atoms with Gasteiger partial charge in [0, 0.05) is 7.05 Å². The summed E-state index contributed by atoms with van der Waals surface area (Å²) in [6, 6.07) is 8.27. The van der Waals surface area contributed by atoms with Crippen molar-refractivity contribution in [3.63, 3.8) is 0 Å². The molecular weight excluding hydrogens is 262 g/mol. The highest BCUT2D eigenvalue weighted by Crippen LogP contribution is 2.38. The standard InChI is InChI=1S/C17H19N3O/c1-10-5-6-13(9-12(10)3)14-15(19-20(4)17(14)18)16-11(2)7-8-21-16/h5-9H,18H2,1-4H3. The number of hydrogen-bond donors (Lipinski definition) is 1. The van der Waals surface area contributed by atoms with Gasteiger partial charge >= 0.3 is 0 Å². The molecule has 0 saturated heterocycles. The van der Waals surface area contributed by atoms with Gasteiger partial charge in [-0.2, -0.15) is 5.10 Å². The smallest absolute Gasteiger partial charge is 0.157 e. The lowest BCUT2D eigenvalue weighted by Crippen LogP contribution is -1.98. The van der Waals surface area contributed by atoms with Crippen molar-refractivity contribution >= 4 is 5.82 Å². The van der Waals surface area contributed by atoms with E-state index in [0.29, 0.717) is 5.82 Å².